The van der Waals surface area contributed by atoms with E-state index < -0.39 is 15.9 Å². The van der Waals surface area contributed by atoms with Crippen LogP contribution in [0.4, 0.5) is 5.69 Å². The molecule has 0 N–H and O–H groups in total. The number of hydrogen-bond donors (Lipinski definition) is 0. The molecule has 0 aliphatic carbocycles. The van der Waals surface area contributed by atoms with E-state index in [4.69, 9.17) is 4.74 Å². The molecule has 2 aliphatic rings. The van der Waals surface area contributed by atoms with Crippen LogP contribution in [0.2, 0.25) is 0 Å². The summed E-state index contributed by atoms with van der Waals surface area (Å²) in [6, 6.07) is 12.6. The first-order valence-corrected chi connectivity index (χ1v) is 12.5. The molecule has 33 heavy (non-hydrogen) atoms. The van der Waals surface area contributed by atoms with Crippen molar-refractivity contribution in [2.24, 2.45) is 5.92 Å². The van der Waals surface area contributed by atoms with Gasteiger partial charge in [-0.15, -0.1) is 0 Å². The normalized spacial score (nSPS) is 19.7. The van der Waals surface area contributed by atoms with Crippen molar-refractivity contribution in [1.29, 1.82) is 0 Å². The number of rotatable bonds is 5. The molecule has 2 amide bonds. The van der Waals surface area contributed by atoms with Crippen LogP contribution < -0.4 is 9.64 Å². The van der Waals surface area contributed by atoms with Gasteiger partial charge in [-0.2, -0.15) is 4.31 Å². The van der Waals surface area contributed by atoms with E-state index in [1.165, 1.54) is 4.31 Å². The number of hydrogen-bond acceptors (Lipinski definition) is 5. The molecular weight excluding hydrogens is 442 g/mol. The Morgan fingerprint density at radius 1 is 1.03 bits per heavy atom. The zero-order valence-electron chi connectivity index (χ0n) is 19.2. The maximum absolute atomic E-state index is 13.1. The van der Waals surface area contributed by atoms with Crippen molar-refractivity contribution in [3.8, 4) is 5.75 Å². The number of carbonyl (C=O) groups is 2. The predicted octanol–water partition coefficient (Wildman–Crippen LogP) is 2.20. The van der Waals surface area contributed by atoms with Gasteiger partial charge in [-0.25, -0.2) is 8.42 Å². The number of aryl methyl sites for hydroxylation is 2. The maximum Gasteiger partial charge on any atom is 0.243 e. The van der Waals surface area contributed by atoms with Crippen molar-refractivity contribution < 1.29 is 22.7 Å². The van der Waals surface area contributed by atoms with Crippen molar-refractivity contribution in [3.05, 3.63) is 53.6 Å². The topological polar surface area (TPSA) is 87.2 Å². The van der Waals surface area contributed by atoms with Gasteiger partial charge >= 0.3 is 0 Å². The Hall–Kier alpha value is -2.91. The average molecular weight is 472 g/mol. The van der Waals surface area contributed by atoms with Crippen LogP contribution in [0.5, 0.6) is 5.75 Å². The number of amides is 2. The lowest BCUT2D eigenvalue weighted by atomic mass is 10.1. The number of methoxy groups -OCH3 is 1. The van der Waals surface area contributed by atoms with Gasteiger partial charge in [0.05, 0.1) is 17.9 Å². The molecule has 2 aromatic rings. The number of sulfonamides is 1. The third-order valence-electron chi connectivity index (χ3n) is 6.35. The molecule has 2 fully saturated rings. The van der Waals surface area contributed by atoms with E-state index in [2.05, 4.69) is 0 Å². The molecule has 0 radical (unpaired) electrons. The summed E-state index contributed by atoms with van der Waals surface area (Å²) in [5, 5.41) is 0. The Bertz CT molecular complexity index is 1170. The average Bonchev–Trinajstić information content (AvgIpc) is 3.21. The molecule has 0 unspecified atom stereocenters. The number of carbonyl (C=O) groups excluding carboxylic acids is 2. The Balaban J connectivity index is 1.40. The molecule has 0 saturated carbocycles. The van der Waals surface area contributed by atoms with Crippen molar-refractivity contribution in [3.63, 3.8) is 0 Å². The lowest BCUT2D eigenvalue weighted by Crippen LogP contribution is -2.52. The lowest BCUT2D eigenvalue weighted by molar-refractivity contribution is -0.136. The molecule has 2 saturated heterocycles. The van der Waals surface area contributed by atoms with Gasteiger partial charge in [-0.3, -0.25) is 9.59 Å². The van der Waals surface area contributed by atoms with Crippen LogP contribution in [-0.2, 0) is 19.6 Å². The SMILES string of the molecule is COc1cccc(N2C[C@H](C(=O)N3CCN(S(=O)(=O)c4cc(C)ccc4C)CC3)CC2=O)c1. The molecule has 4 rings (SSSR count). The van der Waals surface area contributed by atoms with Gasteiger partial charge < -0.3 is 14.5 Å². The zero-order valence-corrected chi connectivity index (χ0v) is 20.0. The molecule has 8 nitrogen and oxygen atoms in total. The van der Waals surface area contributed by atoms with Crippen LogP contribution in [0.1, 0.15) is 17.5 Å². The van der Waals surface area contributed by atoms with Gasteiger partial charge in [-0.05, 0) is 43.2 Å². The first-order valence-electron chi connectivity index (χ1n) is 11.0. The summed E-state index contributed by atoms with van der Waals surface area (Å²) in [5.74, 6) is 0.0115. The highest BCUT2D eigenvalue weighted by Crippen LogP contribution is 2.29. The number of piperazine rings is 1. The van der Waals surface area contributed by atoms with Crippen molar-refractivity contribution in [2.75, 3.05) is 44.7 Å². The molecule has 0 bridgehead atoms. The lowest BCUT2D eigenvalue weighted by Gasteiger charge is -2.35. The molecule has 9 heteroatoms. The number of ether oxygens (including phenoxy) is 1. The third kappa shape index (κ3) is 4.60. The van der Waals surface area contributed by atoms with Gasteiger partial charge in [0.25, 0.3) is 0 Å². The van der Waals surface area contributed by atoms with Crippen molar-refractivity contribution in [2.45, 2.75) is 25.2 Å². The Morgan fingerprint density at radius 2 is 1.76 bits per heavy atom. The minimum atomic E-state index is -3.62. The minimum Gasteiger partial charge on any atom is -0.497 e. The Kier molecular flexibility index (Phi) is 6.45. The second-order valence-corrected chi connectivity index (χ2v) is 10.5. The number of anilines is 1. The second kappa shape index (κ2) is 9.15. The second-order valence-electron chi connectivity index (χ2n) is 8.61. The highest BCUT2D eigenvalue weighted by molar-refractivity contribution is 7.89. The Morgan fingerprint density at radius 3 is 2.45 bits per heavy atom. The fraction of sp³-hybridized carbons (Fsp3) is 0.417. The minimum absolute atomic E-state index is 0.0993. The third-order valence-corrected chi connectivity index (χ3v) is 8.39. The molecule has 2 aliphatic heterocycles. The van der Waals surface area contributed by atoms with E-state index in [-0.39, 0.29) is 31.3 Å². The van der Waals surface area contributed by atoms with Crippen LogP contribution in [0.3, 0.4) is 0 Å². The van der Waals surface area contributed by atoms with Crippen LogP contribution >= 0.6 is 0 Å². The first-order chi connectivity index (χ1) is 15.7. The van der Waals surface area contributed by atoms with Crippen LogP contribution in [0, 0.1) is 19.8 Å². The first kappa shape index (κ1) is 23.3. The number of nitrogens with zero attached hydrogens (tertiary/aromatic N) is 3. The van der Waals surface area contributed by atoms with Gasteiger partial charge in [0.2, 0.25) is 21.8 Å². The van der Waals surface area contributed by atoms with Crippen LogP contribution in [0.15, 0.2) is 47.4 Å². The van der Waals surface area contributed by atoms with Crippen molar-refractivity contribution in [1.82, 2.24) is 9.21 Å². The summed E-state index contributed by atoms with van der Waals surface area (Å²) in [7, 11) is -2.06. The Labute approximate surface area is 194 Å². The molecule has 2 heterocycles. The molecule has 0 aromatic heterocycles. The standard InChI is InChI=1S/C24H29N3O5S/c1-17-7-8-18(2)22(13-17)33(30,31)26-11-9-25(10-12-26)24(29)19-14-23(28)27(16-19)20-5-4-6-21(15-20)32-3/h4-8,13,15,19H,9-12,14,16H2,1-3H3/t19-/m1/s1. The van der Waals surface area contributed by atoms with Crippen LogP contribution in [0.25, 0.3) is 0 Å². The fourth-order valence-corrected chi connectivity index (χ4v) is 6.16. The van der Waals surface area contributed by atoms with Gasteiger partial charge in [0, 0.05) is 50.9 Å². The molecule has 0 spiro atoms. The fourth-order valence-electron chi connectivity index (χ4n) is 4.43. The molecule has 2 aromatic carbocycles. The highest BCUT2D eigenvalue weighted by Gasteiger charge is 2.39. The summed E-state index contributed by atoms with van der Waals surface area (Å²) >= 11 is 0. The van der Waals surface area contributed by atoms with Crippen LogP contribution in [-0.4, -0.2) is 69.3 Å². The smallest absolute Gasteiger partial charge is 0.243 e. The molecular formula is C24H29N3O5S. The maximum atomic E-state index is 13.1. The molecule has 176 valence electrons. The summed E-state index contributed by atoms with van der Waals surface area (Å²) < 4.78 is 33.0. The van der Waals surface area contributed by atoms with E-state index >= 15 is 0 Å². The van der Waals surface area contributed by atoms with E-state index in [1.807, 2.05) is 31.2 Å². The van der Waals surface area contributed by atoms with E-state index in [9.17, 15) is 18.0 Å². The summed E-state index contributed by atoms with van der Waals surface area (Å²) in [5.41, 5.74) is 2.31. The van der Waals surface area contributed by atoms with E-state index in [0.717, 1.165) is 5.56 Å². The predicted molar refractivity (Wildman–Crippen MR) is 125 cm³/mol. The van der Waals surface area contributed by atoms with Gasteiger partial charge in [0.1, 0.15) is 5.75 Å². The monoisotopic (exact) mass is 471 g/mol. The largest absolute Gasteiger partial charge is 0.497 e. The number of benzene rings is 2. The molecule has 1 atom stereocenters. The van der Waals surface area contributed by atoms with E-state index in [0.29, 0.717) is 41.5 Å². The highest BCUT2D eigenvalue weighted by atomic mass is 32.2. The summed E-state index contributed by atoms with van der Waals surface area (Å²) in [6.45, 7) is 5.07. The van der Waals surface area contributed by atoms with Crippen molar-refractivity contribution >= 4 is 27.5 Å². The van der Waals surface area contributed by atoms with Gasteiger partial charge in [0.15, 0.2) is 0 Å². The summed E-state index contributed by atoms with van der Waals surface area (Å²) in [6.07, 6.45) is 0.150. The quantitative estimate of drug-likeness (QED) is 0.667. The van der Waals surface area contributed by atoms with E-state index in [1.54, 1.807) is 42.0 Å². The zero-order chi connectivity index (χ0) is 23.8. The summed E-state index contributed by atoms with van der Waals surface area (Å²) in [4.78, 5) is 29.3. The van der Waals surface area contributed by atoms with Gasteiger partial charge in [-0.1, -0.05) is 18.2 Å².